The summed E-state index contributed by atoms with van der Waals surface area (Å²) in [6.45, 7) is 5.56. The molecule has 6 nitrogen and oxygen atoms in total. The molecule has 0 bridgehead atoms. The molecule has 1 aliphatic heterocycles. The van der Waals surface area contributed by atoms with Crippen LogP contribution in [-0.4, -0.2) is 51.7 Å². The Morgan fingerprint density at radius 3 is 2.37 bits per heavy atom. The maximum absolute atomic E-state index is 13.0. The highest BCUT2D eigenvalue weighted by Crippen LogP contribution is 2.21. The summed E-state index contributed by atoms with van der Waals surface area (Å²) in [7, 11) is 0. The number of phenolic OH excluding ortho intramolecular Hbond substituents is 1. The normalized spacial score (nSPS) is 15.3. The van der Waals surface area contributed by atoms with Gasteiger partial charge in [-0.2, -0.15) is 0 Å². The number of benzene rings is 2. The van der Waals surface area contributed by atoms with Gasteiger partial charge in [0.25, 0.3) is 5.56 Å². The van der Waals surface area contributed by atoms with Crippen molar-refractivity contribution in [1.82, 2.24) is 13.9 Å². The van der Waals surface area contributed by atoms with Crippen LogP contribution in [0.25, 0.3) is 16.6 Å². The van der Waals surface area contributed by atoms with Crippen LogP contribution in [0.15, 0.2) is 71.7 Å². The number of nitrogens with zero attached hydrogens (tertiary/aromatic N) is 4. The average Bonchev–Trinajstić information content (AvgIpc) is 3.27. The Kier molecular flexibility index (Phi) is 4.93. The highest BCUT2D eigenvalue weighted by atomic mass is 16.3. The van der Waals surface area contributed by atoms with Crippen molar-refractivity contribution in [3.05, 3.63) is 77.2 Å². The molecule has 0 radical (unpaired) electrons. The van der Waals surface area contributed by atoms with E-state index in [1.807, 2.05) is 63.7 Å². The maximum Gasteiger partial charge on any atom is 0.275 e. The first-order valence-corrected chi connectivity index (χ1v) is 10.6. The van der Waals surface area contributed by atoms with E-state index >= 15 is 0 Å². The zero-order valence-electron chi connectivity index (χ0n) is 16.9. The van der Waals surface area contributed by atoms with Crippen molar-refractivity contribution in [2.45, 2.75) is 13.0 Å². The summed E-state index contributed by atoms with van der Waals surface area (Å²) < 4.78 is 3.91. The van der Waals surface area contributed by atoms with Crippen LogP contribution in [0.5, 0.6) is 5.75 Å². The lowest BCUT2D eigenvalue weighted by atomic mass is 10.2. The van der Waals surface area contributed by atoms with Gasteiger partial charge in [-0.3, -0.25) is 9.69 Å². The van der Waals surface area contributed by atoms with E-state index in [1.165, 1.54) is 0 Å². The molecular weight excluding hydrogens is 376 g/mol. The molecule has 6 heteroatoms. The summed E-state index contributed by atoms with van der Waals surface area (Å²) in [6, 6.07) is 19.4. The molecule has 0 unspecified atom stereocenters. The molecule has 2 aromatic heterocycles. The smallest absolute Gasteiger partial charge is 0.275 e. The van der Waals surface area contributed by atoms with Gasteiger partial charge in [-0.25, -0.2) is 0 Å². The molecule has 1 fully saturated rings. The monoisotopic (exact) mass is 402 g/mol. The maximum atomic E-state index is 13.0. The number of phenols is 1. The van der Waals surface area contributed by atoms with Crippen LogP contribution in [0.2, 0.25) is 0 Å². The van der Waals surface area contributed by atoms with Crippen LogP contribution >= 0.6 is 0 Å². The van der Waals surface area contributed by atoms with Gasteiger partial charge in [0.1, 0.15) is 11.3 Å². The fraction of sp³-hybridized carbons (Fsp3) is 0.292. The number of aromatic hydroxyl groups is 1. The van der Waals surface area contributed by atoms with Crippen molar-refractivity contribution in [1.29, 1.82) is 0 Å². The fourth-order valence-electron chi connectivity index (χ4n) is 4.50. The number of rotatable bonds is 5. The van der Waals surface area contributed by atoms with Crippen LogP contribution < -0.4 is 10.5 Å². The summed E-state index contributed by atoms with van der Waals surface area (Å²) >= 11 is 0. The van der Waals surface area contributed by atoms with E-state index < -0.39 is 0 Å². The molecule has 0 saturated carbocycles. The van der Waals surface area contributed by atoms with Gasteiger partial charge in [0.2, 0.25) is 0 Å². The standard InChI is InChI=1S/C24H26N4O2/c29-20-7-3-6-19(18-20)26-16-14-25(15-17-26)11-5-13-28-22-9-2-1-8-21(22)27-12-4-10-23(27)24(28)30/h1-4,6-10,12,18,29H,5,11,13-17H2. The topological polar surface area (TPSA) is 53.1 Å². The Labute approximate surface area is 175 Å². The highest BCUT2D eigenvalue weighted by molar-refractivity contribution is 5.79. The molecule has 1 aliphatic rings. The molecule has 0 spiro atoms. The van der Waals surface area contributed by atoms with E-state index in [0.717, 1.165) is 61.4 Å². The van der Waals surface area contributed by atoms with Gasteiger partial charge >= 0.3 is 0 Å². The van der Waals surface area contributed by atoms with Gasteiger partial charge in [0.15, 0.2) is 0 Å². The van der Waals surface area contributed by atoms with Gasteiger partial charge < -0.3 is 19.0 Å². The molecular formula is C24H26N4O2. The summed E-state index contributed by atoms with van der Waals surface area (Å²) in [6.07, 6.45) is 2.89. The molecule has 5 rings (SSSR count). The van der Waals surface area contributed by atoms with Crippen LogP contribution in [0.1, 0.15) is 6.42 Å². The Balaban J connectivity index is 1.25. The molecule has 3 heterocycles. The van der Waals surface area contributed by atoms with Crippen molar-refractivity contribution in [3.8, 4) is 5.75 Å². The van der Waals surface area contributed by atoms with Crippen molar-refractivity contribution in [2.75, 3.05) is 37.6 Å². The number of aromatic nitrogens is 2. The number of para-hydroxylation sites is 2. The van der Waals surface area contributed by atoms with E-state index in [0.29, 0.717) is 12.3 Å². The molecule has 2 aromatic carbocycles. The number of hydrogen-bond donors (Lipinski definition) is 1. The molecule has 0 amide bonds. The summed E-state index contributed by atoms with van der Waals surface area (Å²) in [5, 5.41) is 9.70. The molecule has 0 atom stereocenters. The van der Waals surface area contributed by atoms with E-state index in [1.54, 1.807) is 6.07 Å². The fourth-order valence-corrected chi connectivity index (χ4v) is 4.50. The zero-order valence-corrected chi connectivity index (χ0v) is 16.9. The SMILES string of the molecule is O=c1c2cccn2c2ccccc2n1CCCN1CCN(c2cccc(O)c2)CC1. The van der Waals surface area contributed by atoms with Crippen LogP contribution in [0, 0.1) is 0 Å². The third-order valence-corrected chi connectivity index (χ3v) is 6.07. The van der Waals surface area contributed by atoms with E-state index in [2.05, 4.69) is 15.9 Å². The first kappa shape index (κ1) is 18.8. The lowest BCUT2D eigenvalue weighted by molar-refractivity contribution is 0.250. The lowest BCUT2D eigenvalue weighted by Crippen LogP contribution is -2.46. The minimum atomic E-state index is 0.0763. The Hall–Kier alpha value is -3.25. The average molecular weight is 402 g/mol. The Morgan fingerprint density at radius 2 is 1.57 bits per heavy atom. The number of aryl methyl sites for hydroxylation is 1. The summed E-state index contributed by atoms with van der Waals surface area (Å²) in [4.78, 5) is 17.8. The summed E-state index contributed by atoms with van der Waals surface area (Å²) in [5.74, 6) is 0.313. The van der Waals surface area contributed by atoms with E-state index in [-0.39, 0.29) is 5.56 Å². The van der Waals surface area contributed by atoms with Crippen molar-refractivity contribution >= 4 is 22.2 Å². The second-order valence-corrected chi connectivity index (χ2v) is 7.91. The third kappa shape index (κ3) is 3.44. The van der Waals surface area contributed by atoms with Crippen LogP contribution in [0.3, 0.4) is 0 Å². The first-order valence-electron chi connectivity index (χ1n) is 10.6. The second-order valence-electron chi connectivity index (χ2n) is 7.91. The van der Waals surface area contributed by atoms with Crippen molar-refractivity contribution in [3.63, 3.8) is 0 Å². The largest absolute Gasteiger partial charge is 0.508 e. The molecule has 4 aromatic rings. The minimum Gasteiger partial charge on any atom is -0.508 e. The Morgan fingerprint density at radius 1 is 0.800 bits per heavy atom. The minimum absolute atomic E-state index is 0.0763. The van der Waals surface area contributed by atoms with Crippen LogP contribution in [0.4, 0.5) is 5.69 Å². The number of hydrogen-bond acceptors (Lipinski definition) is 4. The summed E-state index contributed by atoms with van der Waals surface area (Å²) in [5.41, 5.74) is 3.94. The van der Waals surface area contributed by atoms with Gasteiger partial charge in [-0.15, -0.1) is 0 Å². The molecule has 1 N–H and O–H groups in total. The van der Waals surface area contributed by atoms with Crippen molar-refractivity contribution in [2.24, 2.45) is 0 Å². The van der Waals surface area contributed by atoms with Gasteiger partial charge in [-0.05, 0) is 49.4 Å². The highest BCUT2D eigenvalue weighted by Gasteiger charge is 2.17. The lowest BCUT2D eigenvalue weighted by Gasteiger charge is -2.36. The van der Waals surface area contributed by atoms with Crippen LogP contribution in [-0.2, 0) is 6.54 Å². The second kappa shape index (κ2) is 7.88. The molecule has 154 valence electrons. The quantitative estimate of drug-likeness (QED) is 0.557. The predicted molar refractivity (Wildman–Crippen MR) is 121 cm³/mol. The Bertz CT molecular complexity index is 1230. The third-order valence-electron chi connectivity index (χ3n) is 6.07. The van der Waals surface area contributed by atoms with Gasteiger partial charge in [0.05, 0.1) is 11.0 Å². The van der Waals surface area contributed by atoms with Gasteiger partial charge in [0, 0.05) is 50.7 Å². The van der Waals surface area contributed by atoms with E-state index in [4.69, 9.17) is 0 Å². The number of fused-ring (bicyclic) bond motifs is 3. The molecule has 30 heavy (non-hydrogen) atoms. The molecule has 1 saturated heterocycles. The van der Waals surface area contributed by atoms with E-state index in [9.17, 15) is 9.90 Å². The predicted octanol–water partition coefficient (Wildman–Crippen LogP) is 3.17. The molecule has 0 aliphatic carbocycles. The first-order chi connectivity index (χ1) is 14.7. The number of piperazine rings is 1. The zero-order chi connectivity index (χ0) is 20.5. The number of anilines is 1. The van der Waals surface area contributed by atoms with Crippen molar-refractivity contribution < 1.29 is 5.11 Å². The van der Waals surface area contributed by atoms with Gasteiger partial charge in [-0.1, -0.05) is 18.2 Å².